The molecule has 0 saturated carbocycles. The first-order valence-electron chi connectivity index (χ1n) is 9.58. The van der Waals surface area contributed by atoms with E-state index in [2.05, 4.69) is 74.2 Å². The third kappa shape index (κ3) is 2.59. The monoisotopic (exact) mass is 333 g/mol. The van der Waals surface area contributed by atoms with Crippen molar-refractivity contribution in [2.45, 2.75) is 53.5 Å². The number of rotatable bonds is 3. The topological polar surface area (TPSA) is 8.81 Å². The Kier molecular flexibility index (Phi) is 3.94. The van der Waals surface area contributed by atoms with E-state index in [-0.39, 0.29) is 0 Å². The highest BCUT2D eigenvalue weighted by Crippen LogP contribution is 2.32. The first kappa shape index (κ1) is 16.4. The summed E-state index contributed by atoms with van der Waals surface area (Å²) in [6.07, 6.45) is 3.64. The first-order chi connectivity index (χ1) is 12.0. The van der Waals surface area contributed by atoms with Gasteiger partial charge >= 0.3 is 0 Å². The van der Waals surface area contributed by atoms with Gasteiger partial charge in [-0.25, -0.2) is 9.13 Å². The third-order valence-corrected chi connectivity index (χ3v) is 5.62. The van der Waals surface area contributed by atoms with Crippen LogP contribution in [0.25, 0.3) is 22.4 Å². The van der Waals surface area contributed by atoms with Gasteiger partial charge in [0.25, 0.3) is 5.82 Å². The number of aryl methyl sites for hydroxylation is 5. The second-order valence-electron chi connectivity index (χ2n) is 8.13. The summed E-state index contributed by atoms with van der Waals surface area (Å²) in [4.78, 5) is 0. The average molecular weight is 333 g/mol. The molecule has 0 N–H and O–H groups in total. The minimum atomic E-state index is 0.701. The molecular weight excluding hydrogens is 304 g/mol. The number of nitrogens with zero attached hydrogens (tertiary/aromatic N) is 2. The molecule has 1 aromatic heterocycles. The molecule has 0 fully saturated rings. The molecule has 2 heteroatoms. The SMILES string of the molecule is Cc1ccc(-c2n(C)c3ccc(CC(C)C)c4c3[n+]2CCC4)c(C)c1. The highest BCUT2D eigenvalue weighted by Gasteiger charge is 2.30. The lowest BCUT2D eigenvalue weighted by Crippen LogP contribution is -2.39. The van der Waals surface area contributed by atoms with Gasteiger partial charge in [0.05, 0.1) is 19.2 Å². The van der Waals surface area contributed by atoms with Gasteiger partial charge in [-0.05, 0) is 62.3 Å². The van der Waals surface area contributed by atoms with Crippen molar-refractivity contribution in [3.63, 3.8) is 0 Å². The molecule has 0 saturated heterocycles. The fourth-order valence-corrected chi connectivity index (χ4v) is 4.57. The van der Waals surface area contributed by atoms with Crippen LogP contribution >= 0.6 is 0 Å². The van der Waals surface area contributed by atoms with Crippen LogP contribution in [0.1, 0.15) is 42.5 Å². The number of imidazole rings is 1. The highest BCUT2D eigenvalue weighted by atomic mass is 15.2. The van der Waals surface area contributed by atoms with Crippen molar-refractivity contribution in [1.82, 2.24) is 4.57 Å². The summed E-state index contributed by atoms with van der Waals surface area (Å²) in [6.45, 7) is 10.2. The lowest BCUT2D eigenvalue weighted by molar-refractivity contribution is -0.664. The highest BCUT2D eigenvalue weighted by molar-refractivity contribution is 5.81. The van der Waals surface area contributed by atoms with E-state index in [0.29, 0.717) is 5.92 Å². The summed E-state index contributed by atoms with van der Waals surface area (Å²) in [5.74, 6) is 2.06. The van der Waals surface area contributed by atoms with Crippen molar-refractivity contribution in [2.75, 3.05) is 0 Å². The molecule has 1 aliphatic heterocycles. The van der Waals surface area contributed by atoms with Gasteiger partial charge in [-0.3, -0.25) is 0 Å². The molecule has 0 amide bonds. The molecule has 0 spiro atoms. The lowest BCUT2D eigenvalue weighted by Gasteiger charge is -2.16. The van der Waals surface area contributed by atoms with Crippen LogP contribution in [0, 0.1) is 19.8 Å². The lowest BCUT2D eigenvalue weighted by atomic mass is 9.92. The van der Waals surface area contributed by atoms with Gasteiger partial charge < -0.3 is 0 Å². The van der Waals surface area contributed by atoms with Gasteiger partial charge in [0.15, 0.2) is 11.0 Å². The van der Waals surface area contributed by atoms with E-state index in [0.717, 1.165) is 6.54 Å². The van der Waals surface area contributed by atoms with Crippen LogP contribution in [-0.4, -0.2) is 4.57 Å². The van der Waals surface area contributed by atoms with Crippen LogP contribution in [-0.2, 0) is 26.4 Å². The normalized spacial score (nSPS) is 13.8. The van der Waals surface area contributed by atoms with Crippen LogP contribution in [0.2, 0.25) is 0 Å². The van der Waals surface area contributed by atoms with Gasteiger partial charge in [0.2, 0.25) is 0 Å². The van der Waals surface area contributed by atoms with E-state index in [1.54, 1.807) is 11.1 Å². The zero-order valence-electron chi connectivity index (χ0n) is 16.2. The Labute approximate surface area is 151 Å². The summed E-state index contributed by atoms with van der Waals surface area (Å²) >= 11 is 0. The van der Waals surface area contributed by atoms with E-state index in [4.69, 9.17) is 0 Å². The molecule has 0 atom stereocenters. The van der Waals surface area contributed by atoms with Crippen molar-refractivity contribution in [2.24, 2.45) is 13.0 Å². The van der Waals surface area contributed by atoms with Crippen molar-refractivity contribution in [3.05, 3.63) is 52.6 Å². The number of hydrogen-bond donors (Lipinski definition) is 0. The summed E-state index contributed by atoms with van der Waals surface area (Å²) in [5, 5.41) is 0. The minimum absolute atomic E-state index is 0.701. The average Bonchev–Trinajstić information content (AvgIpc) is 2.84. The number of benzene rings is 2. The molecule has 25 heavy (non-hydrogen) atoms. The molecule has 2 aromatic carbocycles. The predicted molar refractivity (Wildman–Crippen MR) is 105 cm³/mol. The molecule has 0 radical (unpaired) electrons. The number of aromatic nitrogens is 2. The second-order valence-corrected chi connectivity index (χ2v) is 8.13. The molecule has 1 aliphatic rings. The summed E-state index contributed by atoms with van der Waals surface area (Å²) in [7, 11) is 2.23. The molecular formula is C23H29N2+. The third-order valence-electron chi connectivity index (χ3n) is 5.62. The van der Waals surface area contributed by atoms with Gasteiger partial charge in [0, 0.05) is 5.56 Å². The van der Waals surface area contributed by atoms with Crippen molar-refractivity contribution < 1.29 is 4.57 Å². The van der Waals surface area contributed by atoms with E-state index in [9.17, 15) is 0 Å². The van der Waals surface area contributed by atoms with E-state index >= 15 is 0 Å². The molecule has 0 bridgehead atoms. The van der Waals surface area contributed by atoms with Crippen LogP contribution in [0.4, 0.5) is 0 Å². The standard InChI is InChI=1S/C23H29N2/c1-15(2)13-18-9-11-21-22-20(18)7-6-12-25(22)23(24(21)5)19-10-8-16(3)14-17(19)4/h8-11,14-15H,6-7,12-13H2,1-5H3/q+1. The van der Waals surface area contributed by atoms with Crippen molar-refractivity contribution >= 4 is 11.0 Å². The van der Waals surface area contributed by atoms with Crippen molar-refractivity contribution in [3.8, 4) is 11.4 Å². The van der Waals surface area contributed by atoms with Crippen LogP contribution in [0.5, 0.6) is 0 Å². The zero-order chi connectivity index (χ0) is 17.7. The Balaban J connectivity index is 2.01. The minimum Gasteiger partial charge on any atom is -0.226 e. The second kappa shape index (κ2) is 6.01. The Hall–Kier alpha value is -2.09. The Morgan fingerprint density at radius 3 is 2.64 bits per heavy atom. The van der Waals surface area contributed by atoms with E-state index < -0.39 is 0 Å². The maximum atomic E-state index is 2.58. The molecule has 3 aromatic rings. The Bertz CT molecular complexity index is 960. The van der Waals surface area contributed by atoms with Crippen LogP contribution in [0.3, 0.4) is 0 Å². The molecule has 2 heterocycles. The smallest absolute Gasteiger partial charge is 0.226 e. The largest absolute Gasteiger partial charge is 0.289 e. The van der Waals surface area contributed by atoms with E-state index in [1.807, 2.05) is 0 Å². The van der Waals surface area contributed by atoms with Gasteiger partial charge in [0.1, 0.15) is 0 Å². The Morgan fingerprint density at radius 1 is 1.12 bits per heavy atom. The first-order valence-corrected chi connectivity index (χ1v) is 9.58. The molecule has 0 aliphatic carbocycles. The summed E-state index contributed by atoms with van der Waals surface area (Å²) in [6, 6.07) is 11.5. The Morgan fingerprint density at radius 2 is 1.92 bits per heavy atom. The van der Waals surface area contributed by atoms with Gasteiger partial charge in [-0.15, -0.1) is 0 Å². The van der Waals surface area contributed by atoms with Crippen LogP contribution < -0.4 is 4.57 Å². The zero-order valence-corrected chi connectivity index (χ0v) is 16.2. The predicted octanol–water partition coefficient (Wildman–Crippen LogP) is 4.89. The maximum absolute atomic E-state index is 2.58. The fraction of sp³-hybridized carbons (Fsp3) is 0.435. The molecule has 2 nitrogen and oxygen atoms in total. The number of hydrogen-bond acceptors (Lipinski definition) is 0. The molecule has 4 rings (SSSR count). The van der Waals surface area contributed by atoms with Gasteiger partial charge in [-0.1, -0.05) is 37.6 Å². The summed E-state index contributed by atoms with van der Waals surface area (Å²) in [5.41, 5.74) is 10.0. The van der Waals surface area contributed by atoms with Crippen molar-refractivity contribution in [1.29, 1.82) is 0 Å². The fourth-order valence-electron chi connectivity index (χ4n) is 4.57. The molecule has 0 unspecified atom stereocenters. The van der Waals surface area contributed by atoms with E-state index in [1.165, 1.54) is 52.8 Å². The maximum Gasteiger partial charge on any atom is 0.289 e. The van der Waals surface area contributed by atoms with Crippen LogP contribution in [0.15, 0.2) is 30.3 Å². The summed E-state index contributed by atoms with van der Waals surface area (Å²) < 4.78 is 4.98. The molecule has 130 valence electrons. The quantitative estimate of drug-likeness (QED) is 0.603. The van der Waals surface area contributed by atoms with Gasteiger partial charge in [-0.2, -0.15) is 0 Å².